The number of amides is 2. The molecule has 0 bridgehead atoms. The summed E-state index contributed by atoms with van der Waals surface area (Å²) in [5.74, 6) is 0.137. The minimum absolute atomic E-state index is 0.0136. The maximum absolute atomic E-state index is 12.9. The molecule has 4 nitrogen and oxygen atoms in total. The Labute approximate surface area is 183 Å². The molecular formula is C27H28N2O2. The first-order chi connectivity index (χ1) is 15.2. The van der Waals surface area contributed by atoms with Gasteiger partial charge in [-0.2, -0.15) is 0 Å². The van der Waals surface area contributed by atoms with E-state index < -0.39 is 0 Å². The third-order valence-corrected chi connectivity index (χ3v) is 5.95. The second kappa shape index (κ2) is 10.1. The van der Waals surface area contributed by atoms with Gasteiger partial charge in [0.25, 0.3) is 5.91 Å². The summed E-state index contributed by atoms with van der Waals surface area (Å²) in [7, 11) is 0. The van der Waals surface area contributed by atoms with Gasteiger partial charge in [0.2, 0.25) is 5.91 Å². The summed E-state index contributed by atoms with van der Waals surface area (Å²) in [6.07, 6.45) is 2.26. The first-order valence-corrected chi connectivity index (χ1v) is 11.0. The average Bonchev–Trinajstić information content (AvgIpc) is 2.85. The average molecular weight is 413 g/mol. The molecule has 4 rings (SSSR count). The lowest BCUT2D eigenvalue weighted by Gasteiger charge is -2.31. The maximum atomic E-state index is 12.9. The van der Waals surface area contributed by atoms with E-state index in [0.717, 1.165) is 17.5 Å². The van der Waals surface area contributed by atoms with Crippen LogP contribution in [-0.2, 0) is 11.2 Å². The van der Waals surface area contributed by atoms with Gasteiger partial charge in [-0.25, -0.2) is 0 Å². The summed E-state index contributed by atoms with van der Waals surface area (Å²) in [5, 5.41) is 3.06. The van der Waals surface area contributed by atoms with Crippen LogP contribution < -0.4 is 5.32 Å². The Bertz CT molecular complexity index is 992. The third-order valence-electron chi connectivity index (χ3n) is 5.95. The van der Waals surface area contributed by atoms with E-state index in [0.29, 0.717) is 38.0 Å². The molecule has 3 aromatic carbocycles. The molecule has 0 atom stereocenters. The minimum atomic E-state index is -0.0136. The Morgan fingerprint density at radius 1 is 0.774 bits per heavy atom. The van der Waals surface area contributed by atoms with Crippen LogP contribution in [0.1, 0.15) is 28.8 Å². The standard InChI is InChI=1S/C27H28N2O2/c30-26(28-18-15-21-7-3-1-4-8-21)24-16-19-29(20-17-24)27(31)25-13-11-23(12-14-25)22-9-5-2-6-10-22/h1-14,24H,15-20H2,(H,28,30). The van der Waals surface area contributed by atoms with Crippen molar-refractivity contribution in [3.8, 4) is 11.1 Å². The normalized spacial score (nSPS) is 14.3. The van der Waals surface area contributed by atoms with Gasteiger partial charge >= 0.3 is 0 Å². The van der Waals surface area contributed by atoms with Crippen LogP contribution in [-0.4, -0.2) is 36.3 Å². The van der Waals surface area contributed by atoms with Gasteiger partial charge in [-0.3, -0.25) is 9.59 Å². The zero-order valence-electron chi connectivity index (χ0n) is 17.7. The topological polar surface area (TPSA) is 49.4 Å². The number of rotatable bonds is 6. The van der Waals surface area contributed by atoms with Gasteiger partial charge < -0.3 is 10.2 Å². The fourth-order valence-electron chi connectivity index (χ4n) is 4.08. The maximum Gasteiger partial charge on any atom is 0.253 e. The van der Waals surface area contributed by atoms with Gasteiger partial charge in [0.15, 0.2) is 0 Å². The summed E-state index contributed by atoms with van der Waals surface area (Å²) in [4.78, 5) is 27.2. The van der Waals surface area contributed by atoms with Gasteiger partial charge in [-0.1, -0.05) is 72.8 Å². The van der Waals surface area contributed by atoms with Crippen molar-refractivity contribution in [1.29, 1.82) is 0 Å². The number of benzene rings is 3. The molecule has 0 saturated carbocycles. The lowest BCUT2D eigenvalue weighted by atomic mass is 9.95. The Kier molecular flexibility index (Phi) is 6.78. The number of nitrogens with one attached hydrogen (secondary N) is 1. The molecule has 158 valence electrons. The van der Waals surface area contributed by atoms with E-state index in [1.54, 1.807) is 0 Å². The molecule has 1 aliphatic rings. The van der Waals surface area contributed by atoms with E-state index in [1.165, 1.54) is 5.56 Å². The van der Waals surface area contributed by atoms with Crippen molar-refractivity contribution in [2.75, 3.05) is 19.6 Å². The fraction of sp³-hybridized carbons (Fsp3) is 0.259. The predicted molar refractivity (Wildman–Crippen MR) is 124 cm³/mol. The third kappa shape index (κ3) is 5.40. The van der Waals surface area contributed by atoms with Crippen LogP contribution >= 0.6 is 0 Å². The van der Waals surface area contributed by atoms with Gasteiger partial charge in [0, 0.05) is 31.1 Å². The molecule has 0 spiro atoms. The van der Waals surface area contributed by atoms with Crippen molar-refractivity contribution < 1.29 is 9.59 Å². The van der Waals surface area contributed by atoms with Crippen LogP contribution in [0.2, 0.25) is 0 Å². The Morgan fingerprint density at radius 3 is 2.00 bits per heavy atom. The second-order valence-corrected chi connectivity index (χ2v) is 8.04. The highest BCUT2D eigenvalue weighted by Crippen LogP contribution is 2.22. The fourth-order valence-corrected chi connectivity index (χ4v) is 4.08. The van der Waals surface area contributed by atoms with E-state index in [-0.39, 0.29) is 17.7 Å². The number of hydrogen-bond acceptors (Lipinski definition) is 2. The van der Waals surface area contributed by atoms with Gasteiger partial charge in [-0.05, 0) is 48.1 Å². The second-order valence-electron chi connectivity index (χ2n) is 8.04. The Hall–Kier alpha value is -3.40. The number of nitrogens with zero attached hydrogens (tertiary/aromatic N) is 1. The van der Waals surface area contributed by atoms with Crippen molar-refractivity contribution in [2.24, 2.45) is 5.92 Å². The van der Waals surface area contributed by atoms with E-state index in [4.69, 9.17) is 0 Å². The van der Waals surface area contributed by atoms with Crippen LogP contribution in [0.4, 0.5) is 0 Å². The lowest BCUT2D eigenvalue weighted by molar-refractivity contribution is -0.126. The Morgan fingerprint density at radius 2 is 1.35 bits per heavy atom. The van der Waals surface area contributed by atoms with Crippen molar-refractivity contribution in [2.45, 2.75) is 19.3 Å². The van der Waals surface area contributed by atoms with E-state index in [2.05, 4.69) is 29.6 Å². The molecule has 1 fully saturated rings. The number of carbonyl (C=O) groups is 2. The Balaban J connectivity index is 1.25. The molecular weight excluding hydrogens is 384 g/mol. The highest BCUT2D eigenvalue weighted by molar-refractivity contribution is 5.95. The molecule has 0 aromatic heterocycles. The highest BCUT2D eigenvalue weighted by Gasteiger charge is 2.27. The number of carbonyl (C=O) groups excluding carboxylic acids is 2. The zero-order chi connectivity index (χ0) is 21.5. The summed E-state index contributed by atoms with van der Waals surface area (Å²) >= 11 is 0. The van der Waals surface area contributed by atoms with Crippen LogP contribution in [0.5, 0.6) is 0 Å². The summed E-state index contributed by atoms with van der Waals surface area (Å²) in [6, 6.07) is 28.1. The molecule has 0 unspecified atom stereocenters. The minimum Gasteiger partial charge on any atom is -0.356 e. The summed E-state index contributed by atoms with van der Waals surface area (Å²) in [6.45, 7) is 1.89. The molecule has 4 heteroatoms. The van der Waals surface area contributed by atoms with Crippen LogP contribution in [0.25, 0.3) is 11.1 Å². The molecule has 1 saturated heterocycles. The van der Waals surface area contributed by atoms with Crippen LogP contribution in [0.3, 0.4) is 0 Å². The first-order valence-electron chi connectivity index (χ1n) is 11.0. The predicted octanol–water partition coefficient (Wildman–Crippen LogP) is 4.56. The quantitative estimate of drug-likeness (QED) is 0.645. The SMILES string of the molecule is O=C(NCCc1ccccc1)C1CCN(C(=O)c2ccc(-c3ccccc3)cc2)CC1. The molecule has 2 amide bonds. The van der Waals surface area contributed by atoms with Crippen molar-refractivity contribution in [3.05, 3.63) is 96.1 Å². The van der Waals surface area contributed by atoms with Gasteiger partial charge in [0.1, 0.15) is 0 Å². The van der Waals surface area contributed by atoms with Gasteiger partial charge in [-0.15, -0.1) is 0 Å². The van der Waals surface area contributed by atoms with Crippen LogP contribution in [0, 0.1) is 5.92 Å². The molecule has 0 radical (unpaired) electrons. The summed E-state index contributed by atoms with van der Waals surface area (Å²) in [5.41, 5.74) is 4.16. The smallest absolute Gasteiger partial charge is 0.253 e. The van der Waals surface area contributed by atoms with Crippen molar-refractivity contribution in [1.82, 2.24) is 10.2 Å². The van der Waals surface area contributed by atoms with E-state index >= 15 is 0 Å². The van der Waals surface area contributed by atoms with Crippen molar-refractivity contribution >= 4 is 11.8 Å². The lowest BCUT2D eigenvalue weighted by Crippen LogP contribution is -2.43. The molecule has 0 aliphatic carbocycles. The highest BCUT2D eigenvalue weighted by atomic mass is 16.2. The van der Waals surface area contributed by atoms with E-state index in [1.807, 2.05) is 65.6 Å². The number of hydrogen-bond donors (Lipinski definition) is 1. The molecule has 1 N–H and O–H groups in total. The number of likely N-dealkylation sites (tertiary alicyclic amines) is 1. The largest absolute Gasteiger partial charge is 0.356 e. The monoisotopic (exact) mass is 412 g/mol. The molecule has 31 heavy (non-hydrogen) atoms. The number of piperidine rings is 1. The zero-order valence-corrected chi connectivity index (χ0v) is 17.7. The van der Waals surface area contributed by atoms with E-state index in [9.17, 15) is 9.59 Å². The molecule has 1 aliphatic heterocycles. The van der Waals surface area contributed by atoms with Gasteiger partial charge in [0.05, 0.1) is 0 Å². The van der Waals surface area contributed by atoms with Crippen molar-refractivity contribution in [3.63, 3.8) is 0 Å². The summed E-state index contributed by atoms with van der Waals surface area (Å²) < 4.78 is 0. The first kappa shape index (κ1) is 20.9. The molecule has 1 heterocycles. The van der Waals surface area contributed by atoms with Crippen LogP contribution in [0.15, 0.2) is 84.9 Å². The molecule has 3 aromatic rings.